The number of amides is 2. The lowest BCUT2D eigenvalue weighted by atomic mass is 10.0. The summed E-state index contributed by atoms with van der Waals surface area (Å²) in [6.07, 6.45) is 2.28. The van der Waals surface area contributed by atoms with Gasteiger partial charge in [-0.25, -0.2) is 9.78 Å². The number of methoxy groups -OCH3 is 1. The fourth-order valence-electron chi connectivity index (χ4n) is 4.17. The van der Waals surface area contributed by atoms with E-state index < -0.39 is 12.0 Å². The van der Waals surface area contributed by atoms with E-state index in [2.05, 4.69) is 22.1 Å². The van der Waals surface area contributed by atoms with Crippen LogP contribution in [0.2, 0.25) is 0 Å². The Morgan fingerprint density at radius 3 is 2.66 bits per heavy atom. The Kier molecular flexibility index (Phi) is 7.27. The zero-order chi connectivity index (χ0) is 24.8. The molecule has 0 bridgehead atoms. The normalized spacial score (nSPS) is 14.3. The number of benzene rings is 2. The highest BCUT2D eigenvalue weighted by molar-refractivity contribution is 5.94. The van der Waals surface area contributed by atoms with Gasteiger partial charge in [0.25, 0.3) is 11.8 Å². The molecule has 178 valence electrons. The van der Waals surface area contributed by atoms with Gasteiger partial charge in [0.15, 0.2) is 0 Å². The van der Waals surface area contributed by atoms with E-state index in [0.717, 1.165) is 11.1 Å². The molecule has 35 heavy (non-hydrogen) atoms. The summed E-state index contributed by atoms with van der Waals surface area (Å²) in [5, 5.41) is 2.89. The molecule has 8 nitrogen and oxygen atoms in total. The van der Waals surface area contributed by atoms with Crippen LogP contribution in [0.25, 0.3) is 0 Å². The first-order chi connectivity index (χ1) is 17.0. The molecule has 0 spiro atoms. The second-order valence-electron chi connectivity index (χ2n) is 8.06. The van der Waals surface area contributed by atoms with Crippen molar-refractivity contribution in [2.24, 2.45) is 0 Å². The molecule has 4 rings (SSSR count). The summed E-state index contributed by atoms with van der Waals surface area (Å²) in [7, 11) is 1.34. The molecule has 2 amide bonds. The highest BCUT2D eigenvalue weighted by atomic mass is 16.5. The van der Waals surface area contributed by atoms with Crippen LogP contribution in [0, 0.1) is 11.8 Å². The van der Waals surface area contributed by atoms with E-state index in [0.29, 0.717) is 43.1 Å². The second kappa shape index (κ2) is 10.7. The molecule has 1 aromatic heterocycles. The van der Waals surface area contributed by atoms with Crippen LogP contribution in [0.3, 0.4) is 0 Å². The lowest BCUT2D eigenvalue weighted by Gasteiger charge is -2.35. The van der Waals surface area contributed by atoms with Crippen LogP contribution in [0.4, 0.5) is 0 Å². The summed E-state index contributed by atoms with van der Waals surface area (Å²) in [5.74, 6) is 4.97. The molecule has 2 heterocycles. The van der Waals surface area contributed by atoms with Crippen molar-refractivity contribution < 1.29 is 19.1 Å². The summed E-state index contributed by atoms with van der Waals surface area (Å²) in [6, 6.07) is 16.3. The van der Waals surface area contributed by atoms with Crippen LogP contribution < -0.4 is 5.32 Å². The number of carbonyl (C=O) groups is 3. The number of esters is 1. The van der Waals surface area contributed by atoms with Gasteiger partial charge in [-0.1, -0.05) is 48.4 Å². The molecule has 3 aromatic rings. The molecular formula is C27H26N4O4. The first-order valence-electron chi connectivity index (χ1n) is 11.3. The molecule has 1 unspecified atom stereocenters. The first-order valence-corrected chi connectivity index (χ1v) is 11.3. The average molecular weight is 471 g/mol. The van der Waals surface area contributed by atoms with Gasteiger partial charge >= 0.3 is 5.97 Å². The lowest BCUT2D eigenvalue weighted by molar-refractivity contribution is -0.127. The minimum Gasteiger partial charge on any atom is -0.465 e. The number of ether oxygens (including phenoxy) is 1. The van der Waals surface area contributed by atoms with Crippen LogP contribution >= 0.6 is 0 Å². The van der Waals surface area contributed by atoms with Crippen molar-refractivity contribution in [2.45, 2.75) is 25.9 Å². The summed E-state index contributed by atoms with van der Waals surface area (Å²) >= 11 is 0. The molecule has 1 aliphatic rings. The van der Waals surface area contributed by atoms with Gasteiger partial charge in [0.2, 0.25) is 0 Å². The summed E-state index contributed by atoms with van der Waals surface area (Å²) in [6.45, 7) is 3.00. The van der Waals surface area contributed by atoms with E-state index >= 15 is 0 Å². The summed E-state index contributed by atoms with van der Waals surface area (Å²) in [5.41, 5.74) is 2.58. The Balaban J connectivity index is 1.50. The molecule has 0 fully saturated rings. The Labute approximate surface area is 203 Å². The van der Waals surface area contributed by atoms with Gasteiger partial charge in [0.05, 0.1) is 12.7 Å². The van der Waals surface area contributed by atoms with Crippen molar-refractivity contribution in [3.05, 3.63) is 89.0 Å². The SMILES string of the molecule is CC#CC(=O)N1CCn2cc(C(=O)NCCc3cccc(C(=O)OC)c3)nc2C1c1ccccc1. The Bertz CT molecular complexity index is 1300. The van der Waals surface area contributed by atoms with Crippen LogP contribution in [0.1, 0.15) is 50.8 Å². The number of hydrogen-bond acceptors (Lipinski definition) is 5. The molecule has 1 N–H and O–H groups in total. The number of hydrogen-bond donors (Lipinski definition) is 1. The highest BCUT2D eigenvalue weighted by Gasteiger charge is 2.34. The van der Waals surface area contributed by atoms with Crippen molar-refractivity contribution in [2.75, 3.05) is 20.2 Å². The van der Waals surface area contributed by atoms with Gasteiger partial charge in [0, 0.05) is 25.8 Å². The van der Waals surface area contributed by atoms with E-state index in [9.17, 15) is 14.4 Å². The van der Waals surface area contributed by atoms with Crippen molar-refractivity contribution in [3.63, 3.8) is 0 Å². The predicted octanol–water partition coefficient (Wildman–Crippen LogP) is 2.60. The Morgan fingerprint density at radius 2 is 1.91 bits per heavy atom. The molecule has 0 saturated carbocycles. The maximum Gasteiger partial charge on any atom is 0.337 e. The number of aromatic nitrogens is 2. The van der Waals surface area contributed by atoms with Crippen LogP contribution in [-0.4, -0.2) is 52.4 Å². The van der Waals surface area contributed by atoms with Crippen LogP contribution in [0.5, 0.6) is 0 Å². The van der Waals surface area contributed by atoms with E-state index in [1.165, 1.54) is 7.11 Å². The maximum atomic E-state index is 12.9. The van der Waals surface area contributed by atoms with Crippen LogP contribution in [0.15, 0.2) is 60.8 Å². The maximum absolute atomic E-state index is 12.9. The van der Waals surface area contributed by atoms with E-state index in [1.54, 1.807) is 36.2 Å². The van der Waals surface area contributed by atoms with Gasteiger partial charge in [0.1, 0.15) is 17.6 Å². The topological polar surface area (TPSA) is 93.5 Å². The average Bonchev–Trinajstić information content (AvgIpc) is 3.33. The minimum absolute atomic E-state index is 0.268. The smallest absolute Gasteiger partial charge is 0.337 e. The Hall–Kier alpha value is -4.38. The number of fused-ring (bicyclic) bond motifs is 1. The third-order valence-electron chi connectivity index (χ3n) is 5.83. The quantitative estimate of drug-likeness (QED) is 0.442. The van der Waals surface area contributed by atoms with E-state index in [-0.39, 0.29) is 11.8 Å². The molecule has 2 aromatic carbocycles. The Morgan fingerprint density at radius 1 is 1.11 bits per heavy atom. The number of nitrogens with zero attached hydrogens (tertiary/aromatic N) is 3. The molecule has 1 atom stereocenters. The molecule has 1 aliphatic heterocycles. The standard InChI is InChI=1S/C27H26N4O4/c1-3-8-23(32)31-16-15-30-18-22(29-25(30)24(31)20-10-5-4-6-11-20)26(33)28-14-13-19-9-7-12-21(17-19)27(34)35-2/h4-7,9-12,17-18,24H,13-16H2,1-2H3,(H,28,33). The molecule has 8 heteroatoms. The number of carbonyl (C=O) groups excluding carboxylic acids is 3. The van der Waals surface area contributed by atoms with Crippen molar-refractivity contribution >= 4 is 17.8 Å². The van der Waals surface area contributed by atoms with Crippen molar-refractivity contribution in [3.8, 4) is 11.8 Å². The van der Waals surface area contributed by atoms with Gasteiger partial charge in [-0.3, -0.25) is 9.59 Å². The molecule has 0 radical (unpaired) electrons. The number of nitrogens with one attached hydrogen (secondary N) is 1. The first kappa shape index (κ1) is 23.8. The largest absolute Gasteiger partial charge is 0.465 e. The summed E-state index contributed by atoms with van der Waals surface area (Å²) < 4.78 is 6.68. The molecular weight excluding hydrogens is 444 g/mol. The van der Waals surface area contributed by atoms with Crippen LogP contribution in [-0.2, 0) is 22.5 Å². The van der Waals surface area contributed by atoms with Gasteiger partial charge in [-0.2, -0.15) is 0 Å². The minimum atomic E-state index is -0.430. The van der Waals surface area contributed by atoms with E-state index in [4.69, 9.17) is 4.74 Å². The number of imidazole rings is 1. The fraction of sp³-hybridized carbons (Fsp3) is 0.259. The summed E-state index contributed by atoms with van der Waals surface area (Å²) in [4.78, 5) is 43.6. The highest BCUT2D eigenvalue weighted by Crippen LogP contribution is 2.31. The second-order valence-corrected chi connectivity index (χ2v) is 8.06. The molecule has 0 saturated heterocycles. The third-order valence-corrected chi connectivity index (χ3v) is 5.83. The molecule has 0 aliphatic carbocycles. The van der Waals surface area contributed by atoms with Gasteiger partial charge in [-0.15, -0.1) is 0 Å². The zero-order valence-electron chi connectivity index (χ0n) is 19.7. The van der Waals surface area contributed by atoms with Crippen molar-refractivity contribution in [1.82, 2.24) is 19.8 Å². The van der Waals surface area contributed by atoms with Gasteiger partial charge < -0.3 is 19.5 Å². The monoisotopic (exact) mass is 470 g/mol. The zero-order valence-corrected chi connectivity index (χ0v) is 19.7. The number of rotatable bonds is 6. The third kappa shape index (κ3) is 5.25. The van der Waals surface area contributed by atoms with E-state index in [1.807, 2.05) is 41.0 Å². The van der Waals surface area contributed by atoms with Gasteiger partial charge in [-0.05, 0) is 42.5 Å². The fourth-order valence-corrected chi connectivity index (χ4v) is 4.17. The lowest BCUT2D eigenvalue weighted by Crippen LogP contribution is -2.42. The van der Waals surface area contributed by atoms with Crippen molar-refractivity contribution in [1.29, 1.82) is 0 Å². The predicted molar refractivity (Wildman–Crippen MR) is 129 cm³/mol.